The second-order valence-electron chi connectivity index (χ2n) is 7.69. The van der Waals surface area contributed by atoms with Gasteiger partial charge in [-0.3, -0.25) is 4.99 Å². The molecule has 2 aromatic rings. The Bertz CT molecular complexity index is 858. The van der Waals surface area contributed by atoms with E-state index < -0.39 is 0 Å². The summed E-state index contributed by atoms with van der Waals surface area (Å²) in [5, 5.41) is 11.4. The van der Waals surface area contributed by atoms with Gasteiger partial charge in [-0.05, 0) is 45.1 Å². The number of ether oxygens (including phenoxy) is 1. The average Bonchev–Trinajstić information content (AvgIpc) is 3.10. The first-order valence-electron chi connectivity index (χ1n) is 10.4. The van der Waals surface area contributed by atoms with Crippen LogP contribution < -0.4 is 10.6 Å². The third-order valence-corrected chi connectivity index (χ3v) is 5.14. The molecule has 1 aliphatic heterocycles. The van der Waals surface area contributed by atoms with Gasteiger partial charge in [-0.2, -0.15) is 5.10 Å². The van der Waals surface area contributed by atoms with Crippen LogP contribution in [0.4, 0.5) is 4.39 Å². The number of nitrogens with zero attached hydrogens (tertiary/aromatic N) is 5. The van der Waals surface area contributed by atoms with Crippen molar-refractivity contribution in [1.29, 1.82) is 0 Å². The maximum atomic E-state index is 13.7. The van der Waals surface area contributed by atoms with Gasteiger partial charge in [-0.15, -0.1) is 24.0 Å². The Morgan fingerprint density at radius 3 is 2.90 bits per heavy atom. The van der Waals surface area contributed by atoms with E-state index in [-0.39, 0.29) is 41.9 Å². The number of halogens is 2. The van der Waals surface area contributed by atoms with Crippen molar-refractivity contribution >= 4 is 29.9 Å². The van der Waals surface area contributed by atoms with Crippen molar-refractivity contribution in [1.82, 2.24) is 30.3 Å². The minimum absolute atomic E-state index is 0. The van der Waals surface area contributed by atoms with E-state index in [0.717, 1.165) is 49.1 Å². The van der Waals surface area contributed by atoms with Crippen molar-refractivity contribution in [3.05, 3.63) is 47.3 Å². The molecule has 172 valence electrons. The first kappa shape index (κ1) is 25.5. The van der Waals surface area contributed by atoms with Gasteiger partial charge in [0.05, 0.1) is 19.1 Å². The summed E-state index contributed by atoms with van der Waals surface area (Å²) in [4.78, 5) is 11.4. The number of methoxy groups -OCH3 is 1. The lowest BCUT2D eigenvalue weighted by Gasteiger charge is -2.27. The van der Waals surface area contributed by atoms with E-state index in [1.54, 1.807) is 19.2 Å². The number of fused-ring (bicyclic) bond motifs is 1. The highest BCUT2D eigenvalue weighted by molar-refractivity contribution is 14.0. The molecule has 1 aliphatic rings. The van der Waals surface area contributed by atoms with E-state index in [4.69, 9.17) is 9.73 Å². The van der Waals surface area contributed by atoms with Crippen molar-refractivity contribution in [3.8, 4) is 0 Å². The number of guanidine groups is 1. The highest BCUT2D eigenvalue weighted by Crippen LogP contribution is 2.19. The molecule has 0 radical (unpaired) electrons. The zero-order chi connectivity index (χ0) is 21.5. The van der Waals surface area contributed by atoms with Crippen LogP contribution in [0.2, 0.25) is 0 Å². The lowest BCUT2D eigenvalue weighted by atomic mass is 10.1. The van der Waals surface area contributed by atoms with Crippen molar-refractivity contribution in [2.24, 2.45) is 4.99 Å². The zero-order valence-electron chi connectivity index (χ0n) is 18.6. The van der Waals surface area contributed by atoms with Gasteiger partial charge in [0.2, 0.25) is 0 Å². The smallest absolute Gasteiger partial charge is 0.191 e. The Balaban J connectivity index is 0.00000341. The largest absolute Gasteiger partial charge is 0.377 e. The van der Waals surface area contributed by atoms with E-state index in [1.807, 2.05) is 31.8 Å². The molecular weight excluding hydrogens is 512 g/mol. The van der Waals surface area contributed by atoms with Gasteiger partial charge in [0.25, 0.3) is 0 Å². The molecule has 0 bridgehead atoms. The highest BCUT2D eigenvalue weighted by atomic mass is 127. The number of aryl methyl sites for hydroxylation is 1. The second-order valence-corrected chi connectivity index (χ2v) is 7.69. The molecule has 8 nitrogen and oxygen atoms in total. The number of benzene rings is 1. The molecule has 0 amide bonds. The van der Waals surface area contributed by atoms with Crippen LogP contribution in [0.25, 0.3) is 0 Å². The van der Waals surface area contributed by atoms with Crippen LogP contribution in [0.15, 0.2) is 29.3 Å². The summed E-state index contributed by atoms with van der Waals surface area (Å²) in [7, 11) is 5.61. The lowest BCUT2D eigenvalue weighted by Crippen LogP contribution is -2.47. The second kappa shape index (κ2) is 12.3. The highest BCUT2D eigenvalue weighted by Gasteiger charge is 2.23. The number of rotatable bonds is 8. The molecule has 2 unspecified atom stereocenters. The molecule has 10 heteroatoms. The number of aliphatic imine (C=N–C) groups is 1. The normalized spacial score (nSPS) is 17.1. The van der Waals surface area contributed by atoms with Crippen LogP contribution in [-0.4, -0.2) is 66.0 Å². The molecule has 3 rings (SSSR count). The minimum atomic E-state index is -0.230. The minimum Gasteiger partial charge on any atom is -0.377 e. The Kier molecular flexibility index (Phi) is 10.1. The Labute approximate surface area is 200 Å². The Morgan fingerprint density at radius 2 is 2.23 bits per heavy atom. The van der Waals surface area contributed by atoms with Gasteiger partial charge in [-0.25, -0.2) is 14.1 Å². The summed E-state index contributed by atoms with van der Waals surface area (Å²) in [6.45, 7) is 4.48. The molecule has 1 aromatic carbocycles. The molecule has 1 aromatic heterocycles. The predicted molar refractivity (Wildman–Crippen MR) is 130 cm³/mol. The summed E-state index contributed by atoms with van der Waals surface area (Å²) in [5.74, 6) is 2.25. The number of hydrogen-bond donors (Lipinski definition) is 2. The van der Waals surface area contributed by atoms with Gasteiger partial charge in [0.1, 0.15) is 18.2 Å². The fraction of sp³-hybridized carbons (Fsp3) is 0.571. The van der Waals surface area contributed by atoms with E-state index in [0.29, 0.717) is 13.2 Å². The van der Waals surface area contributed by atoms with Crippen LogP contribution in [0, 0.1) is 5.82 Å². The van der Waals surface area contributed by atoms with Crippen molar-refractivity contribution < 1.29 is 9.13 Å². The molecule has 0 aliphatic carbocycles. The van der Waals surface area contributed by atoms with Gasteiger partial charge >= 0.3 is 0 Å². The third-order valence-electron chi connectivity index (χ3n) is 5.14. The van der Waals surface area contributed by atoms with Gasteiger partial charge in [0.15, 0.2) is 11.8 Å². The quantitative estimate of drug-likeness (QED) is 0.301. The fourth-order valence-corrected chi connectivity index (χ4v) is 3.64. The van der Waals surface area contributed by atoms with E-state index in [1.165, 1.54) is 6.07 Å². The summed E-state index contributed by atoms with van der Waals surface area (Å²) in [6.07, 6.45) is 1.81. The van der Waals surface area contributed by atoms with Gasteiger partial charge in [-0.1, -0.05) is 12.1 Å². The van der Waals surface area contributed by atoms with Crippen molar-refractivity contribution in [2.75, 3.05) is 34.3 Å². The van der Waals surface area contributed by atoms with E-state index >= 15 is 0 Å². The molecule has 31 heavy (non-hydrogen) atoms. The van der Waals surface area contributed by atoms with Crippen LogP contribution >= 0.6 is 24.0 Å². The average molecular weight is 545 g/mol. The Hall–Kier alpha value is -1.79. The SMILES string of the molecule is CCNC(=NCC(c1cccc(F)c1)N(C)C)NC1CCc2nc(COC)nn2C1.I. The van der Waals surface area contributed by atoms with Crippen molar-refractivity contribution in [2.45, 2.75) is 45.0 Å². The monoisotopic (exact) mass is 545 g/mol. The van der Waals surface area contributed by atoms with Crippen LogP contribution in [0.1, 0.15) is 36.6 Å². The molecule has 2 atom stereocenters. The number of hydrogen-bond acceptors (Lipinski definition) is 5. The summed E-state index contributed by atoms with van der Waals surface area (Å²) in [5.41, 5.74) is 0.912. The topological polar surface area (TPSA) is 79.6 Å². The summed E-state index contributed by atoms with van der Waals surface area (Å²) < 4.78 is 20.8. The predicted octanol–water partition coefficient (Wildman–Crippen LogP) is 2.35. The first-order valence-corrected chi connectivity index (χ1v) is 10.4. The standard InChI is InChI=1S/C21H32FN7O.HI/c1-5-23-21(24-12-18(28(2)3)15-7-6-8-16(22)11-15)25-17-9-10-20-26-19(14-30-4)27-29(20)13-17;/h6-8,11,17-18H,5,9-10,12-14H2,1-4H3,(H2,23,24,25);1H. The van der Waals surface area contributed by atoms with Gasteiger partial charge < -0.3 is 20.3 Å². The molecule has 0 saturated heterocycles. The molecule has 0 spiro atoms. The molecule has 0 saturated carbocycles. The third kappa shape index (κ3) is 7.11. The molecule has 2 N–H and O–H groups in total. The molecular formula is C21H33FIN7O. The number of aromatic nitrogens is 3. The first-order chi connectivity index (χ1) is 14.5. The fourth-order valence-electron chi connectivity index (χ4n) is 3.64. The molecule has 2 heterocycles. The van der Waals surface area contributed by atoms with Crippen LogP contribution in [-0.2, 0) is 24.3 Å². The van der Waals surface area contributed by atoms with Crippen LogP contribution in [0.3, 0.4) is 0 Å². The van der Waals surface area contributed by atoms with E-state index in [2.05, 4.69) is 25.6 Å². The lowest BCUT2D eigenvalue weighted by molar-refractivity contribution is 0.177. The molecule has 0 fully saturated rings. The van der Waals surface area contributed by atoms with Crippen molar-refractivity contribution in [3.63, 3.8) is 0 Å². The maximum absolute atomic E-state index is 13.7. The Morgan fingerprint density at radius 1 is 1.42 bits per heavy atom. The van der Waals surface area contributed by atoms with Crippen LogP contribution in [0.5, 0.6) is 0 Å². The zero-order valence-corrected chi connectivity index (χ0v) is 21.0. The maximum Gasteiger partial charge on any atom is 0.191 e. The number of nitrogens with one attached hydrogen (secondary N) is 2. The van der Waals surface area contributed by atoms with Gasteiger partial charge in [0, 0.05) is 26.1 Å². The summed E-state index contributed by atoms with van der Waals surface area (Å²) >= 11 is 0. The summed E-state index contributed by atoms with van der Waals surface area (Å²) in [6, 6.07) is 6.91. The number of likely N-dealkylation sites (N-methyl/N-ethyl adjacent to an activating group) is 1. The van der Waals surface area contributed by atoms with E-state index in [9.17, 15) is 4.39 Å².